The number of aryl methyl sites for hydroxylation is 1. The summed E-state index contributed by atoms with van der Waals surface area (Å²) in [5.74, 6) is -0.369. The lowest BCUT2D eigenvalue weighted by atomic mass is 10.1. The molecule has 2 rings (SSSR count). The van der Waals surface area contributed by atoms with Crippen LogP contribution in [0.1, 0.15) is 17.2 Å². The van der Waals surface area contributed by atoms with Gasteiger partial charge in [-0.3, -0.25) is 0 Å². The number of thioether (sulfide) groups is 1. The van der Waals surface area contributed by atoms with E-state index in [9.17, 15) is 8.78 Å². The topological polar surface area (TPSA) is 12.0 Å². The second-order valence-electron chi connectivity index (χ2n) is 4.62. The second kappa shape index (κ2) is 6.86. The number of hydrogen-bond acceptors (Lipinski definition) is 2. The lowest BCUT2D eigenvalue weighted by Gasteiger charge is -2.17. The average molecular weight is 293 g/mol. The van der Waals surface area contributed by atoms with E-state index in [0.29, 0.717) is 11.3 Å². The molecular weight excluding hydrogens is 276 g/mol. The molecule has 1 nitrogen and oxygen atoms in total. The molecule has 0 aromatic heterocycles. The van der Waals surface area contributed by atoms with Gasteiger partial charge in [-0.05, 0) is 43.3 Å². The smallest absolute Gasteiger partial charge is 0.126 e. The molecule has 106 valence electrons. The molecule has 2 aromatic rings. The molecular formula is C16H17F2NS. The van der Waals surface area contributed by atoms with Gasteiger partial charge in [0.15, 0.2) is 0 Å². The van der Waals surface area contributed by atoms with E-state index >= 15 is 0 Å². The van der Waals surface area contributed by atoms with Gasteiger partial charge < -0.3 is 5.32 Å². The Labute approximate surface area is 122 Å². The van der Waals surface area contributed by atoms with Crippen LogP contribution >= 0.6 is 11.8 Å². The Bertz CT molecular complexity index is 566. The molecule has 1 atom stereocenters. The van der Waals surface area contributed by atoms with Crippen molar-refractivity contribution in [2.45, 2.75) is 17.9 Å². The fourth-order valence-corrected chi connectivity index (χ4v) is 3.19. The zero-order valence-electron chi connectivity index (χ0n) is 11.5. The van der Waals surface area contributed by atoms with Gasteiger partial charge >= 0.3 is 0 Å². The summed E-state index contributed by atoms with van der Waals surface area (Å²) in [5.41, 5.74) is 1.84. The fourth-order valence-electron chi connectivity index (χ4n) is 2.01. The van der Waals surface area contributed by atoms with Gasteiger partial charge in [0.1, 0.15) is 11.6 Å². The number of halogens is 2. The highest BCUT2D eigenvalue weighted by molar-refractivity contribution is 7.99. The van der Waals surface area contributed by atoms with Crippen LogP contribution in [0.5, 0.6) is 0 Å². The van der Waals surface area contributed by atoms with Gasteiger partial charge in [0, 0.05) is 22.8 Å². The van der Waals surface area contributed by atoms with E-state index in [-0.39, 0.29) is 6.04 Å². The lowest BCUT2D eigenvalue weighted by molar-refractivity contribution is 0.568. The molecule has 0 aliphatic heterocycles. The van der Waals surface area contributed by atoms with E-state index < -0.39 is 11.6 Å². The number of benzene rings is 2. The Morgan fingerprint density at radius 3 is 2.35 bits per heavy atom. The molecule has 4 heteroatoms. The summed E-state index contributed by atoms with van der Waals surface area (Å²) >= 11 is 1.68. The van der Waals surface area contributed by atoms with Crippen LogP contribution in [0.2, 0.25) is 0 Å². The highest BCUT2D eigenvalue weighted by Crippen LogP contribution is 2.27. The maximum Gasteiger partial charge on any atom is 0.126 e. The van der Waals surface area contributed by atoms with E-state index in [1.165, 1.54) is 22.6 Å². The summed E-state index contributed by atoms with van der Waals surface area (Å²) in [6, 6.07) is 11.7. The Balaban J connectivity index is 2.11. The van der Waals surface area contributed by atoms with E-state index in [4.69, 9.17) is 0 Å². The van der Waals surface area contributed by atoms with Crippen molar-refractivity contribution in [2.24, 2.45) is 0 Å². The summed E-state index contributed by atoms with van der Waals surface area (Å²) in [5, 5.41) is 3.11. The van der Waals surface area contributed by atoms with Crippen LogP contribution in [-0.2, 0) is 0 Å². The number of rotatable bonds is 5. The van der Waals surface area contributed by atoms with E-state index in [2.05, 4.69) is 24.4 Å². The molecule has 1 unspecified atom stereocenters. The molecule has 0 aliphatic carbocycles. The highest BCUT2D eigenvalue weighted by Gasteiger charge is 2.12. The molecule has 20 heavy (non-hydrogen) atoms. The normalized spacial score (nSPS) is 12.4. The quantitative estimate of drug-likeness (QED) is 0.824. The van der Waals surface area contributed by atoms with Crippen LogP contribution in [0.3, 0.4) is 0 Å². The van der Waals surface area contributed by atoms with Gasteiger partial charge in [-0.1, -0.05) is 18.2 Å². The fraction of sp³-hybridized carbons (Fsp3) is 0.250. The largest absolute Gasteiger partial charge is 0.312 e. The molecule has 0 aliphatic rings. The molecule has 0 heterocycles. The third-order valence-corrected chi connectivity index (χ3v) is 4.40. The van der Waals surface area contributed by atoms with Crippen molar-refractivity contribution in [1.29, 1.82) is 0 Å². The molecule has 0 bridgehead atoms. The molecule has 0 radical (unpaired) electrons. The van der Waals surface area contributed by atoms with Crippen molar-refractivity contribution in [2.75, 3.05) is 12.8 Å². The Morgan fingerprint density at radius 1 is 1.10 bits per heavy atom. The molecule has 0 spiro atoms. The zero-order chi connectivity index (χ0) is 14.5. The van der Waals surface area contributed by atoms with Gasteiger partial charge in [0.25, 0.3) is 0 Å². The van der Waals surface area contributed by atoms with Crippen molar-refractivity contribution in [3.05, 3.63) is 65.2 Å². The first-order valence-electron chi connectivity index (χ1n) is 6.42. The van der Waals surface area contributed by atoms with Crippen molar-refractivity contribution in [3.63, 3.8) is 0 Å². The molecule has 0 saturated heterocycles. The molecule has 1 N–H and O–H groups in total. The standard InChI is InChI=1S/C16H17F2NS/c1-11-5-3-4-6-16(11)20-10-15(19-2)12-7-13(17)9-14(18)8-12/h3-9,15,19H,10H2,1-2H3. The Hall–Kier alpha value is -1.39. The number of nitrogens with one attached hydrogen (secondary N) is 1. The first-order chi connectivity index (χ1) is 9.60. The average Bonchev–Trinajstić information content (AvgIpc) is 2.40. The van der Waals surface area contributed by atoms with Crippen LogP contribution in [0.4, 0.5) is 8.78 Å². The van der Waals surface area contributed by atoms with Crippen molar-refractivity contribution in [3.8, 4) is 0 Å². The third-order valence-electron chi connectivity index (χ3n) is 3.13. The Kier molecular flexibility index (Phi) is 5.15. The Morgan fingerprint density at radius 2 is 1.75 bits per heavy atom. The maximum absolute atomic E-state index is 13.3. The predicted octanol–water partition coefficient (Wildman–Crippen LogP) is 4.33. The SMILES string of the molecule is CNC(CSc1ccccc1C)c1cc(F)cc(F)c1. The molecule has 0 fully saturated rings. The van der Waals surface area contributed by atoms with E-state index in [1.807, 2.05) is 12.1 Å². The second-order valence-corrected chi connectivity index (χ2v) is 5.68. The third kappa shape index (κ3) is 3.81. The minimum Gasteiger partial charge on any atom is -0.312 e. The minimum atomic E-state index is -0.541. The summed E-state index contributed by atoms with van der Waals surface area (Å²) in [7, 11) is 1.80. The van der Waals surface area contributed by atoms with Crippen LogP contribution in [0, 0.1) is 18.6 Å². The summed E-state index contributed by atoms with van der Waals surface area (Å²) in [4.78, 5) is 1.18. The van der Waals surface area contributed by atoms with Crippen molar-refractivity contribution < 1.29 is 8.78 Å². The lowest BCUT2D eigenvalue weighted by Crippen LogP contribution is -2.19. The van der Waals surface area contributed by atoms with E-state index in [0.717, 1.165) is 6.07 Å². The van der Waals surface area contributed by atoms with Crippen LogP contribution in [-0.4, -0.2) is 12.8 Å². The van der Waals surface area contributed by atoms with Gasteiger partial charge in [0.2, 0.25) is 0 Å². The molecule has 0 saturated carbocycles. The summed E-state index contributed by atoms with van der Waals surface area (Å²) in [6.45, 7) is 2.05. The van der Waals surface area contributed by atoms with Crippen LogP contribution in [0.25, 0.3) is 0 Å². The van der Waals surface area contributed by atoms with Crippen LogP contribution < -0.4 is 5.32 Å². The summed E-state index contributed by atoms with van der Waals surface area (Å²) in [6.07, 6.45) is 0. The van der Waals surface area contributed by atoms with E-state index in [1.54, 1.807) is 18.8 Å². The number of hydrogen-bond donors (Lipinski definition) is 1. The van der Waals surface area contributed by atoms with Crippen LogP contribution in [0.15, 0.2) is 47.4 Å². The predicted molar refractivity (Wildman–Crippen MR) is 80.1 cm³/mol. The van der Waals surface area contributed by atoms with Gasteiger partial charge in [-0.2, -0.15) is 0 Å². The monoisotopic (exact) mass is 293 g/mol. The molecule has 2 aromatic carbocycles. The van der Waals surface area contributed by atoms with Gasteiger partial charge in [0.05, 0.1) is 0 Å². The molecule has 0 amide bonds. The zero-order valence-corrected chi connectivity index (χ0v) is 12.3. The first-order valence-corrected chi connectivity index (χ1v) is 7.40. The minimum absolute atomic E-state index is 0.0928. The first kappa shape index (κ1) is 15.0. The maximum atomic E-state index is 13.3. The van der Waals surface area contributed by atoms with Gasteiger partial charge in [-0.15, -0.1) is 11.8 Å². The highest BCUT2D eigenvalue weighted by atomic mass is 32.2. The van der Waals surface area contributed by atoms with Crippen molar-refractivity contribution >= 4 is 11.8 Å². The summed E-state index contributed by atoms with van der Waals surface area (Å²) < 4.78 is 26.6. The van der Waals surface area contributed by atoms with Gasteiger partial charge in [-0.25, -0.2) is 8.78 Å². The van der Waals surface area contributed by atoms with Crippen molar-refractivity contribution in [1.82, 2.24) is 5.32 Å².